The number of fused-ring (bicyclic) bond motifs is 1. The Morgan fingerprint density at radius 3 is 2.43 bits per heavy atom. The Kier molecular flexibility index (Phi) is 5.34. The van der Waals surface area contributed by atoms with Gasteiger partial charge in [0.2, 0.25) is 0 Å². The lowest BCUT2D eigenvalue weighted by Crippen LogP contribution is -2.25. The van der Waals surface area contributed by atoms with Crippen LogP contribution in [-0.2, 0) is 9.84 Å². The second kappa shape index (κ2) is 7.18. The van der Waals surface area contributed by atoms with Crippen molar-refractivity contribution in [3.05, 3.63) is 52.3 Å². The molecular formula is C17H13ClF4O5S. The highest BCUT2D eigenvalue weighted by Crippen LogP contribution is 2.50. The Hall–Kier alpha value is -1.88. The third-order valence-corrected chi connectivity index (χ3v) is 6.10. The van der Waals surface area contributed by atoms with Gasteiger partial charge in [0, 0.05) is 28.1 Å². The van der Waals surface area contributed by atoms with Crippen molar-refractivity contribution in [2.75, 3.05) is 6.61 Å². The molecule has 5 nitrogen and oxygen atoms in total. The number of halogens is 5. The molecule has 2 atom stereocenters. The van der Waals surface area contributed by atoms with Gasteiger partial charge in [-0.3, -0.25) is 0 Å². The molecule has 0 aliphatic heterocycles. The quantitative estimate of drug-likeness (QED) is 0.700. The summed E-state index contributed by atoms with van der Waals surface area (Å²) in [6.45, 7) is -0.570. The maximum atomic E-state index is 13.5. The van der Waals surface area contributed by atoms with E-state index in [1.165, 1.54) is 6.07 Å². The molecule has 28 heavy (non-hydrogen) atoms. The second-order valence-electron chi connectivity index (χ2n) is 6.18. The predicted molar refractivity (Wildman–Crippen MR) is 90.6 cm³/mol. The van der Waals surface area contributed by atoms with Crippen molar-refractivity contribution in [1.29, 1.82) is 0 Å². The monoisotopic (exact) mass is 440 g/mol. The van der Waals surface area contributed by atoms with Crippen molar-refractivity contribution in [2.45, 2.75) is 28.8 Å². The lowest BCUT2D eigenvalue weighted by atomic mass is 10.0. The molecule has 0 bridgehead atoms. The Morgan fingerprint density at radius 2 is 1.86 bits per heavy atom. The second-order valence-corrected chi connectivity index (χ2v) is 8.52. The third kappa shape index (κ3) is 3.57. The molecule has 1 aliphatic rings. The number of ether oxygens (including phenoxy) is 1. The van der Waals surface area contributed by atoms with Gasteiger partial charge in [0.25, 0.3) is 9.84 Å². The van der Waals surface area contributed by atoms with Crippen LogP contribution in [0.1, 0.15) is 29.6 Å². The minimum absolute atomic E-state index is 0.00153. The van der Waals surface area contributed by atoms with Gasteiger partial charge >= 0.3 is 5.51 Å². The van der Waals surface area contributed by atoms with Crippen molar-refractivity contribution >= 4 is 21.4 Å². The van der Waals surface area contributed by atoms with Gasteiger partial charge in [-0.05, 0) is 30.7 Å². The van der Waals surface area contributed by atoms with Crippen LogP contribution in [0.3, 0.4) is 0 Å². The molecule has 2 aromatic carbocycles. The summed E-state index contributed by atoms with van der Waals surface area (Å²) in [5.41, 5.74) is -6.15. The largest absolute Gasteiger partial charge is 0.501 e. The number of alkyl halides is 3. The van der Waals surface area contributed by atoms with Gasteiger partial charge in [-0.2, -0.15) is 13.2 Å². The van der Waals surface area contributed by atoms with Crippen molar-refractivity contribution in [3.63, 3.8) is 0 Å². The maximum Gasteiger partial charge on any atom is 0.501 e. The number of hydrogen-bond acceptors (Lipinski definition) is 5. The van der Waals surface area contributed by atoms with E-state index in [4.69, 9.17) is 16.3 Å². The van der Waals surface area contributed by atoms with Crippen LogP contribution in [-0.4, -0.2) is 30.7 Å². The molecule has 0 saturated heterocycles. The van der Waals surface area contributed by atoms with Gasteiger partial charge in [0.05, 0.1) is 17.6 Å². The number of benzene rings is 2. The Labute approximate surface area is 162 Å². The van der Waals surface area contributed by atoms with Crippen molar-refractivity contribution in [1.82, 2.24) is 0 Å². The van der Waals surface area contributed by atoms with E-state index < -0.39 is 50.3 Å². The molecule has 0 radical (unpaired) electrons. The topological polar surface area (TPSA) is 83.8 Å². The lowest BCUT2D eigenvalue weighted by molar-refractivity contribution is -0.0437. The molecule has 3 rings (SSSR count). The number of sulfone groups is 1. The van der Waals surface area contributed by atoms with Crippen LogP contribution in [0.25, 0.3) is 0 Å². The predicted octanol–water partition coefficient (Wildman–Crippen LogP) is 4.08. The van der Waals surface area contributed by atoms with Crippen molar-refractivity contribution in [3.8, 4) is 11.5 Å². The fraction of sp³-hybridized carbons (Fsp3) is 0.294. The minimum Gasteiger partial charge on any atom is -0.457 e. The highest BCUT2D eigenvalue weighted by atomic mass is 35.5. The van der Waals surface area contributed by atoms with Gasteiger partial charge in [-0.1, -0.05) is 11.6 Å². The van der Waals surface area contributed by atoms with Crippen molar-refractivity contribution in [2.24, 2.45) is 0 Å². The van der Waals surface area contributed by atoms with Crippen LogP contribution in [0.5, 0.6) is 11.5 Å². The summed E-state index contributed by atoms with van der Waals surface area (Å²) in [7, 11) is -5.75. The number of aliphatic hydroxyl groups excluding tert-OH is 2. The average molecular weight is 441 g/mol. The molecule has 0 unspecified atom stereocenters. The van der Waals surface area contributed by atoms with E-state index in [2.05, 4.69) is 0 Å². The number of hydrogen-bond donors (Lipinski definition) is 2. The third-order valence-electron chi connectivity index (χ3n) is 4.33. The van der Waals surface area contributed by atoms with Crippen LogP contribution in [0.2, 0.25) is 5.02 Å². The molecule has 152 valence electrons. The summed E-state index contributed by atoms with van der Waals surface area (Å²) in [5, 5.41) is 19.7. The summed E-state index contributed by atoms with van der Waals surface area (Å²) in [4.78, 5) is -1.11. The fourth-order valence-corrected chi connectivity index (χ4v) is 4.44. The zero-order chi connectivity index (χ0) is 20.9. The first-order valence-corrected chi connectivity index (χ1v) is 9.73. The van der Waals surface area contributed by atoms with Crippen LogP contribution < -0.4 is 4.74 Å². The van der Waals surface area contributed by atoms with E-state index >= 15 is 0 Å². The van der Waals surface area contributed by atoms with Crippen molar-refractivity contribution < 1.29 is 40.9 Å². The maximum absolute atomic E-state index is 13.5. The number of rotatable bonds is 4. The lowest BCUT2D eigenvalue weighted by Gasteiger charge is -2.18. The first-order valence-electron chi connectivity index (χ1n) is 7.86. The summed E-state index contributed by atoms with van der Waals surface area (Å²) >= 11 is 5.74. The van der Waals surface area contributed by atoms with Gasteiger partial charge < -0.3 is 14.9 Å². The zero-order valence-electron chi connectivity index (χ0n) is 13.9. The fourth-order valence-electron chi connectivity index (χ4n) is 3.19. The van der Waals surface area contributed by atoms with E-state index in [0.29, 0.717) is 6.07 Å². The normalized spacial score (nSPS) is 19.5. The molecule has 0 amide bonds. The SMILES string of the molecule is O=S(=O)(c1ccc(Oc2cc(F)cc(Cl)c2)c2c1[C@@H](O)C[C@H]2CO)C(F)(F)F. The Morgan fingerprint density at radius 1 is 1.18 bits per heavy atom. The molecular weight excluding hydrogens is 428 g/mol. The Balaban J connectivity index is 2.19. The molecule has 0 saturated carbocycles. The molecule has 1 aliphatic carbocycles. The first-order chi connectivity index (χ1) is 13.0. The molecule has 0 fully saturated rings. The van der Waals surface area contributed by atoms with Gasteiger partial charge in [0.15, 0.2) is 0 Å². The van der Waals surface area contributed by atoms with E-state index in [1.807, 2.05) is 0 Å². The molecule has 2 N–H and O–H groups in total. The van der Waals surface area contributed by atoms with Gasteiger partial charge in [-0.25, -0.2) is 12.8 Å². The molecule has 0 heterocycles. The molecule has 0 aromatic heterocycles. The zero-order valence-corrected chi connectivity index (χ0v) is 15.4. The van der Waals surface area contributed by atoms with Crippen LogP contribution in [0.4, 0.5) is 17.6 Å². The van der Waals surface area contributed by atoms with E-state index in [1.54, 1.807) is 0 Å². The van der Waals surface area contributed by atoms with Crippen LogP contribution >= 0.6 is 11.6 Å². The summed E-state index contributed by atoms with van der Waals surface area (Å²) in [6, 6.07) is 4.87. The molecule has 0 spiro atoms. The van der Waals surface area contributed by atoms with E-state index in [9.17, 15) is 36.2 Å². The summed E-state index contributed by atoms with van der Waals surface area (Å²) in [5.74, 6) is -1.80. The minimum atomic E-state index is -5.75. The van der Waals surface area contributed by atoms with Crippen LogP contribution in [0.15, 0.2) is 35.2 Å². The van der Waals surface area contributed by atoms with E-state index in [0.717, 1.165) is 18.2 Å². The molecule has 11 heteroatoms. The summed E-state index contributed by atoms with van der Waals surface area (Å²) in [6.07, 6.45) is -1.75. The molecule has 2 aromatic rings. The highest BCUT2D eigenvalue weighted by molar-refractivity contribution is 7.92. The smallest absolute Gasteiger partial charge is 0.457 e. The standard InChI is InChI=1S/C17H13ClF4O5S/c18-9-4-10(19)6-11(5-9)27-13-1-2-14(28(25,26)17(20,21)22)16-12(24)3-8(7-23)15(13)16/h1-2,4-6,8,12,23-24H,3,7H2/t8-,12-/m0/s1. The average Bonchev–Trinajstić information content (AvgIpc) is 2.90. The Bertz CT molecular complexity index is 1000. The van der Waals surface area contributed by atoms with Gasteiger partial charge in [-0.15, -0.1) is 0 Å². The highest BCUT2D eigenvalue weighted by Gasteiger charge is 2.50. The van der Waals surface area contributed by atoms with Gasteiger partial charge in [0.1, 0.15) is 17.3 Å². The van der Waals surface area contributed by atoms with Crippen LogP contribution in [0, 0.1) is 5.82 Å². The van der Waals surface area contributed by atoms with E-state index in [-0.39, 0.29) is 28.5 Å². The summed E-state index contributed by atoms with van der Waals surface area (Å²) < 4.78 is 81.9. The first kappa shape index (κ1) is 20.8. The number of aliphatic hydroxyl groups is 2.